The zero-order valence-electron chi connectivity index (χ0n) is 17.0. The van der Waals surface area contributed by atoms with Crippen molar-refractivity contribution in [1.82, 2.24) is 0 Å². The molecular formula is C25H8Cl5F4N. The average molecular weight is 576 g/mol. The number of halogens is 9. The summed E-state index contributed by atoms with van der Waals surface area (Å²) in [4.78, 5) is 0. The Morgan fingerprint density at radius 2 is 1.11 bits per heavy atom. The van der Waals surface area contributed by atoms with Crippen LogP contribution in [0.3, 0.4) is 0 Å². The third-order valence-corrected chi connectivity index (χ3v) is 6.82. The first-order valence-corrected chi connectivity index (χ1v) is 11.4. The quantitative estimate of drug-likeness (QED) is 0.176. The molecule has 0 unspecified atom stereocenters. The van der Waals surface area contributed by atoms with Gasteiger partial charge < -0.3 is 0 Å². The van der Waals surface area contributed by atoms with Gasteiger partial charge in [-0.15, -0.1) is 0 Å². The van der Waals surface area contributed by atoms with Crippen LogP contribution in [-0.2, 0) is 0 Å². The first-order valence-electron chi connectivity index (χ1n) is 9.55. The van der Waals surface area contributed by atoms with Gasteiger partial charge in [-0.1, -0.05) is 64.1 Å². The fourth-order valence-corrected chi connectivity index (χ4v) is 4.76. The number of benzene rings is 4. The summed E-state index contributed by atoms with van der Waals surface area (Å²) < 4.78 is 57.5. The Morgan fingerprint density at radius 3 is 1.77 bits per heavy atom. The van der Waals surface area contributed by atoms with Crippen molar-refractivity contribution in [2.24, 2.45) is 0 Å². The van der Waals surface area contributed by atoms with E-state index in [1.807, 2.05) is 6.07 Å². The maximum Gasteiger partial charge on any atom is 0.159 e. The van der Waals surface area contributed by atoms with Crippen molar-refractivity contribution in [3.05, 3.63) is 102 Å². The molecule has 35 heavy (non-hydrogen) atoms. The summed E-state index contributed by atoms with van der Waals surface area (Å²) in [5.74, 6) is -4.22. The summed E-state index contributed by atoms with van der Waals surface area (Å²) in [5, 5.41) is 10.0. The highest BCUT2D eigenvalue weighted by molar-refractivity contribution is 6.44. The third kappa shape index (κ3) is 4.70. The van der Waals surface area contributed by atoms with E-state index in [0.29, 0.717) is 0 Å². The van der Waals surface area contributed by atoms with Gasteiger partial charge in [0, 0.05) is 22.3 Å². The second-order valence-corrected chi connectivity index (χ2v) is 9.30. The van der Waals surface area contributed by atoms with Gasteiger partial charge in [0.05, 0.1) is 30.7 Å². The van der Waals surface area contributed by atoms with Crippen LogP contribution in [0, 0.1) is 34.6 Å². The fraction of sp³-hybridized carbons (Fsp3) is 0. The molecule has 0 fully saturated rings. The average Bonchev–Trinajstić information content (AvgIpc) is 2.80. The van der Waals surface area contributed by atoms with Crippen LogP contribution in [-0.4, -0.2) is 0 Å². The Kier molecular flexibility index (Phi) is 7.24. The highest BCUT2D eigenvalue weighted by Crippen LogP contribution is 2.47. The molecule has 0 saturated heterocycles. The molecule has 176 valence electrons. The van der Waals surface area contributed by atoms with Crippen LogP contribution in [0.15, 0.2) is 48.5 Å². The lowest BCUT2D eigenvalue weighted by Crippen LogP contribution is -2.00. The van der Waals surface area contributed by atoms with Gasteiger partial charge >= 0.3 is 0 Å². The summed E-state index contributed by atoms with van der Waals surface area (Å²) in [6.07, 6.45) is 0. The normalized spacial score (nSPS) is 11.0. The molecule has 0 radical (unpaired) electrons. The van der Waals surface area contributed by atoms with Crippen LogP contribution in [0.5, 0.6) is 0 Å². The Bertz CT molecular complexity index is 1560. The van der Waals surface area contributed by atoms with Gasteiger partial charge in [-0.2, -0.15) is 5.26 Å². The van der Waals surface area contributed by atoms with Crippen LogP contribution in [0.2, 0.25) is 25.1 Å². The molecule has 4 aromatic rings. The molecule has 0 N–H and O–H groups in total. The Labute approximate surface area is 222 Å². The Hall–Kier alpha value is -2.46. The number of nitriles is 1. The van der Waals surface area contributed by atoms with E-state index >= 15 is 4.39 Å². The molecule has 0 bridgehead atoms. The lowest BCUT2D eigenvalue weighted by molar-refractivity contribution is 0.509. The number of rotatable bonds is 3. The van der Waals surface area contributed by atoms with Gasteiger partial charge in [0.2, 0.25) is 0 Å². The topological polar surface area (TPSA) is 23.8 Å². The van der Waals surface area contributed by atoms with Crippen LogP contribution < -0.4 is 0 Å². The summed E-state index contributed by atoms with van der Waals surface area (Å²) in [6, 6.07) is 10.3. The summed E-state index contributed by atoms with van der Waals surface area (Å²) in [7, 11) is 0. The summed E-state index contributed by atoms with van der Waals surface area (Å²) in [6.45, 7) is 0. The Morgan fingerprint density at radius 1 is 0.514 bits per heavy atom. The molecule has 1 nitrogen and oxygen atoms in total. The van der Waals surface area contributed by atoms with Gasteiger partial charge in [0.25, 0.3) is 0 Å². The molecule has 0 saturated carbocycles. The molecule has 0 aliphatic rings. The molecule has 0 aliphatic carbocycles. The molecule has 4 rings (SSSR count). The minimum absolute atomic E-state index is 0.00191. The molecule has 0 heterocycles. The molecule has 10 heteroatoms. The standard InChI is InChI=1S/C25H8Cl5F4N/c26-15-8-19(30)21(32)5-11(15)12-6-23(34)24(10-1-2-20(31)22(33)3-10)14(9-35)25(12)13-4-17(28)18(29)7-16(13)27/h1-8H. The van der Waals surface area contributed by atoms with Gasteiger partial charge in [0.15, 0.2) is 11.6 Å². The molecule has 0 amide bonds. The predicted octanol–water partition coefficient (Wildman–Crippen LogP) is 10.4. The monoisotopic (exact) mass is 573 g/mol. The largest absolute Gasteiger partial charge is 0.206 e. The molecule has 0 aromatic heterocycles. The summed E-state index contributed by atoms with van der Waals surface area (Å²) >= 11 is 30.8. The van der Waals surface area contributed by atoms with Crippen molar-refractivity contribution < 1.29 is 17.6 Å². The van der Waals surface area contributed by atoms with E-state index in [9.17, 15) is 18.4 Å². The maximum atomic E-state index is 15.5. The van der Waals surface area contributed by atoms with Crippen molar-refractivity contribution in [1.29, 1.82) is 5.26 Å². The SMILES string of the molecule is N#Cc1c(-c2ccc(F)c(F)c2)c(F)cc(-c2cc(F)c(Cl)cc2Cl)c1-c1cc(Cl)c(Cl)cc1Cl. The molecule has 0 spiro atoms. The van der Waals surface area contributed by atoms with Crippen molar-refractivity contribution in [3.63, 3.8) is 0 Å². The first kappa shape index (κ1) is 25.6. The lowest BCUT2D eigenvalue weighted by atomic mass is 9.85. The smallest absolute Gasteiger partial charge is 0.159 e. The third-order valence-electron chi connectivity index (χ3n) is 5.18. The van der Waals surface area contributed by atoms with E-state index in [-0.39, 0.29) is 64.1 Å². The van der Waals surface area contributed by atoms with E-state index in [0.717, 1.165) is 36.4 Å². The van der Waals surface area contributed by atoms with Gasteiger partial charge in [-0.25, -0.2) is 17.6 Å². The van der Waals surface area contributed by atoms with E-state index in [1.165, 1.54) is 12.1 Å². The van der Waals surface area contributed by atoms with E-state index in [4.69, 9.17) is 58.0 Å². The fourth-order valence-electron chi connectivity index (χ4n) is 3.63. The van der Waals surface area contributed by atoms with Crippen LogP contribution in [0.1, 0.15) is 5.56 Å². The predicted molar refractivity (Wildman–Crippen MR) is 132 cm³/mol. The molecule has 0 aliphatic heterocycles. The Balaban J connectivity index is 2.20. The minimum Gasteiger partial charge on any atom is -0.206 e. The van der Waals surface area contributed by atoms with Crippen LogP contribution in [0.4, 0.5) is 17.6 Å². The van der Waals surface area contributed by atoms with Crippen LogP contribution >= 0.6 is 58.0 Å². The maximum absolute atomic E-state index is 15.5. The number of hydrogen-bond donors (Lipinski definition) is 0. The van der Waals surface area contributed by atoms with Crippen molar-refractivity contribution in [2.75, 3.05) is 0 Å². The lowest BCUT2D eigenvalue weighted by Gasteiger charge is -2.19. The van der Waals surface area contributed by atoms with Crippen molar-refractivity contribution >= 4 is 58.0 Å². The minimum atomic E-state index is -1.24. The van der Waals surface area contributed by atoms with Crippen LogP contribution in [0.25, 0.3) is 33.4 Å². The number of hydrogen-bond acceptors (Lipinski definition) is 1. The second-order valence-electron chi connectivity index (χ2n) is 7.26. The zero-order chi connectivity index (χ0) is 25.6. The van der Waals surface area contributed by atoms with Gasteiger partial charge in [-0.05, 0) is 53.6 Å². The van der Waals surface area contributed by atoms with E-state index in [2.05, 4.69) is 0 Å². The van der Waals surface area contributed by atoms with Gasteiger partial charge in [0.1, 0.15) is 17.7 Å². The molecule has 4 aromatic carbocycles. The van der Waals surface area contributed by atoms with E-state index in [1.54, 1.807) is 0 Å². The van der Waals surface area contributed by atoms with Crippen molar-refractivity contribution in [2.45, 2.75) is 0 Å². The highest BCUT2D eigenvalue weighted by atomic mass is 35.5. The zero-order valence-corrected chi connectivity index (χ0v) is 20.7. The number of nitrogens with zero attached hydrogens (tertiary/aromatic N) is 1. The van der Waals surface area contributed by atoms with Crippen molar-refractivity contribution in [3.8, 4) is 39.4 Å². The molecule has 0 atom stereocenters. The highest BCUT2D eigenvalue weighted by Gasteiger charge is 2.26. The van der Waals surface area contributed by atoms with E-state index < -0.39 is 23.3 Å². The first-order chi connectivity index (χ1) is 16.5. The summed E-state index contributed by atoms with van der Waals surface area (Å²) in [5.41, 5.74) is -0.626. The molecular weight excluding hydrogens is 568 g/mol. The van der Waals surface area contributed by atoms with Gasteiger partial charge in [-0.3, -0.25) is 0 Å². The second kappa shape index (κ2) is 9.89.